The summed E-state index contributed by atoms with van der Waals surface area (Å²) in [5.41, 5.74) is 0.970. The SMILES string of the molecule is CCCC(CCC)C(O)Cc1ccc(Br)cn1. The van der Waals surface area contributed by atoms with Gasteiger partial charge < -0.3 is 5.11 Å². The summed E-state index contributed by atoms with van der Waals surface area (Å²) in [6.07, 6.45) is 6.67. The summed E-state index contributed by atoms with van der Waals surface area (Å²) in [4.78, 5) is 4.31. The normalized spacial score (nSPS) is 13.0. The van der Waals surface area contributed by atoms with Crippen LogP contribution in [0, 0.1) is 5.92 Å². The lowest BCUT2D eigenvalue weighted by Gasteiger charge is -2.21. The van der Waals surface area contributed by atoms with E-state index in [9.17, 15) is 5.11 Å². The van der Waals surface area contributed by atoms with Crippen LogP contribution in [0.2, 0.25) is 0 Å². The molecule has 1 N–H and O–H groups in total. The average molecular weight is 300 g/mol. The van der Waals surface area contributed by atoms with Gasteiger partial charge in [-0.1, -0.05) is 26.7 Å². The van der Waals surface area contributed by atoms with Crippen molar-refractivity contribution in [3.63, 3.8) is 0 Å². The zero-order valence-corrected chi connectivity index (χ0v) is 12.3. The molecule has 96 valence electrons. The molecule has 17 heavy (non-hydrogen) atoms. The van der Waals surface area contributed by atoms with Crippen molar-refractivity contribution in [3.8, 4) is 0 Å². The molecule has 0 fully saturated rings. The third-order valence-corrected chi connectivity index (χ3v) is 3.54. The summed E-state index contributed by atoms with van der Waals surface area (Å²) >= 11 is 3.37. The molecular weight excluding hydrogens is 278 g/mol. The zero-order valence-electron chi connectivity index (χ0n) is 10.7. The number of rotatable bonds is 7. The first-order chi connectivity index (χ1) is 8.17. The van der Waals surface area contributed by atoms with E-state index in [1.807, 2.05) is 12.1 Å². The second-order valence-electron chi connectivity index (χ2n) is 4.58. The van der Waals surface area contributed by atoms with Crippen molar-refractivity contribution in [1.82, 2.24) is 4.98 Å². The molecule has 1 atom stereocenters. The quantitative estimate of drug-likeness (QED) is 0.826. The predicted octanol–water partition coefficient (Wildman–Crippen LogP) is 3.96. The van der Waals surface area contributed by atoms with Gasteiger partial charge in [0.1, 0.15) is 0 Å². The Morgan fingerprint density at radius 2 is 1.88 bits per heavy atom. The molecule has 0 aliphatic heterocycles. The standard InChI is InChI=1S/C14H22BrNO/c1-3-5-11(6-4-2)14(17)9-13-8-7-12(15)10-16-13/h7-8,10-11,14,17H,3-6,9H2,1-2H3. The van der Waals surface area contributed by atoms with E-state index in [4.69, 9.17) is 0 Å². The zero-order chi connectivity index (χ0) is 12.7. The largest absolute Gasteiger partial charge is 0.392 e. The Morgan fingerprint density at radius 1 is 1.24 bits per heavy atom. The lowest BCUT2D eigenvalue weighted by molar-refractivity contribution is 0.0954. The predicted molar refractivity (Wildman–Crippen MR) is 75.0 cm³/mol. The van der Waals surface area contributed by atoms with Gasteiger partial charge in [0.15, 0.2) is 0 Å². The molecule has 0 bridgehead atoms. The van der Waals surface area contributed by atoms with Crippen LogP contribution in [-0.2, 0) is 6.42 Å². The molecule has 0 aromatic carbocycles. The van der Waals surface area contributed by atoms with Crippen LogP contribution in [0.1, 0.15) is 45.2 Å². The van der Waals surface area contributed by atoms with Crippen molar-refractivity contribution < 1.29 is 5.11 Å². The smallest absolute Gasteiger partial charge is 0.0623 e. The molecule has 0 aliphatic rings. The van der Waals surface area contributed by atoms with Crippen LogP contribution >= 0.6 is 15.9 Å². The van der Waals surface area contributed by atoms with Crippen LogP contribution in [0.4, 0.5) is 0 Å². The number of hydrogen-bond donors (Lipinski definition) is 1. The molecule has 1 heterocycles. The molecule has 0 spiro atoms. The highest BCUT2D eigenvalue weighted by atomic mass is 79.9. The average Bonchev–Trinajstić information content (AvgIpc) is 2.32. The van der Waals surface area contributed by atoms with E-state index >= 15 is 0 Å². The highest BCUT2D eigenvalue weighted by Gasteiger charge is 2.18. The molecule has 3 heteroatoms. The van der Waals surface area contributed by atoms with Crippen molar-refractivity contribution >= 4 is 15.9 Å². The van der Waals surface area contributed by atoms with Crippen molar-refractivity contribution in [2.24, 2.45) is 5.92 Å². The van der Waals surface area contributed by atoms with Gasteiger partial charge in [-0.3, -0.25) is 4.98 Å². The van der Waals surface area contributed by atoms with Gasteiger partial charge in [0.2, 0.25) is 0 Å². The molecule has 0 saturated heterocycles. The van der Waals surface area contributed by atoms with Crippen molar-refractivity contribution in [2.75, 3.05) is 0 Å². The van der Waals surface area contributed by atoms with Crippen LogP contribution in [0.25, 0.3) is 0 Å². The highest BCUT2D eigenvalue weighted by Crippen LogP contribution is 2.20. The Kier molecular flexibility index (Phi) is 6.75. The van der Waals surface area contributed by atoms with Crippen LogP contribution < -0.4 is 0 Å². The van der Waals surface area contributed by atoms with E-state index in [0.717, 1.165) is 35.8 Å². The fourth-order valence-electron chi connectivity index (χ4n) is 2.18. The number of hydrogen-bond acceptors (Lipinski definition) is 2. The minimum Gasteiger partial charge on any atom is -0.392 e. The topological polar surface area (TPSA) is 33.1 Å². The van der Waals surface area contributed by atoms with Gasteiger partial charge in [-0.25, -0.2) is 0 Å². The lowest BCUT2D eigenvalue weighted by Crippen LogP contribution is -2.23. The molecule has 0 aliphatic carbocycles. The lowest BCUT2D eigenvalue weighted by atomic mass is 9.90. The third kappa shape index (κ3) is 5.17. The van der Waals surface area contributed by atoms with E-state index in [1.54, 1.807) is 6.20 Å². The Morgan fingerprint density at radius 3 is 2.35 bits per heavy atom. The first-order valence-corrected chi connectivity index (χ1v) is 7.25. The van der Waals surface area contributed by atoms with Crippen LogP contribution in [0.3, 0.4) is 0 Å². The fourth-order valence-corrected chi connectivity index (χ4v) is 2.41. The molecule has 0 amide bonds. The molecule has 1 rings (SSSR count). The molecule has 0 saturated carbocycles. The second kappa shape index (κ2) is 7.83. The van der Waals surface area contributed by atoms with Crippen molar-refractivity contribution in [2.45, 2.75) is 52.1 Å². The summed E-state index contributed by atoms with van der Waals surface area (Å²) in [5, 5.41) is 10.2. The number of nitrogens with zero attached hydrogens (tertiary/aromatic N) is 1. The van der Waals surface area contributed by atoms with Gasteiger partial charge in [-0.2, -0.15) is 0 Å². The summed E-state index contributed by atoms with van der Waals surface area (Å²) in [6.45, 7) is 4.35. The number of pyridine rings is 1. The number of aliphatic hydroxyl groups is 1. The minimum absolute atomic E-state index is 0.261. The monoisotopic (exact) mass is 299 g/mol. The van der Waals surface area contributed by atoms with Crippen LogP contribution in [0.15, 0.2) is 22.8 Å². The van der Waals surface area contributed by atoms with E-state index < -0.39 is 0 Å². The maximum Gasteiger partial charge on any atom is 0.0623 e. The third-order valence-electron chi connectivity index (χ3n) is 3.07. The summed E-state index contributed by atoms with van der Waals surface area (Å²) in [6, 6.07) is 3.95. The van der Waals surface area contributed by atoms with Crippen molar-refractivity contribution in [1.29, 1.82) is 0 Å². The van der Waals surface area contributed by atoms with Crippen LogP contribution in [-0.4, -0.2) is 16.2 Å². The summed E-state index contributed by atoms with van der Waals surface area (Å²) in [5.74, 6) is 0.412. The van der Waals surface area contributed by atoms with E-state index in [0.29, 0.717) is 12.3 Å². The number of halogens is 1. The van der Waals surface area contributed by atoms with E-state index in [1.165, 1.54) is 0 Å². The first kappa shape index (κ1) is 14.7. The number of aromatic nitrogens is 1. The van der Waals surface area contributed by atoms with Crippen LogP contribution in [0.5, 0.6) is 0 Å². The van der Waals surface area contributed by atoms with Gasteiger partial charge in [-0.05, 0) is 46.8 Å². The first-order valence-electron chi connectivity index (χ1n) is 6.45. The molecule has 0 radical (unpaired) electrons. The highest BCUT2D eigenvalue weighted by molar-refractivity contribution is 9.10. The van der Waals surface area contributed by atoms with Gasteiger partial charge in [-0.15, -0.1) is 0 Å². The minimum atomic E-state index is -0.261. The molecule has 2 nitrogen and oxygen atoms in total. The molecule has 1 unspecified atom stereocenters. The second-order valence-corrected chi connectivity index (χ2v) is 5.49. The Bertz CT molecular complexity index is 307. The molecular formula is C14H22BrNO. The Labute approximate surface area is 113 Å². The van der Waals surface area contributed by atoms with Crippen molar-refractivity contribution in [3.05, 3.63) is 28.5 Å². The van der Waals surface area contributed by atoms with E-state index in [2.05, 4.69) is 34.8 Å². The Balaban J connectivity index is 2.55. The Hall–Kier alpha value is -0.410. The number of aliphatic hydroxyl groups excluding tert-OH is 1. The maximum atomic E-state index is 10.2. The summed E-state index contributed by atoms with van der Waals surface area (Å²) < 4.78 is 0.981. The van der Waals surface area contributed by atoms with Gasteiger partial charge >= 0.3 is 0 Å². The van der Waals surface area contributed by atoms with Gasteiger partial charge in [0.25, 0.3) is 0 Å². The van der Waals surface area contributed by atoms with Gasteiger partial charge in [0, 0.05) is 22.8 Å². The maximum absolute atomic E-state index is 10.2. The molecule has 1 aromatic heterocycles. The van der Waals surface area contributed by atoms with Gasteiger partial charge in [0.05, 0.1) is 6.10 Å². The summed E-state index contributed by atoms with van der Waals surface area (Å²) in [7, 11) is 0. The fraction of sp³-hybridized carbons (Fsp3) is 0.643. The molecule has 1 aromatic rings. The van der Waals surface area contributed by atoms with E-state index in [-0.39, 0.29) is 6.10 Å².